The zero-order chi connectivity index (χ0) is 12.3. The molecule has 0 aliphatic carbocycles. The molecule has 0 radical (unpaired) electrons. The van der Waals surface area contributed by atoms with Gasteiger partial charge in [-0.3, -0.25) is 0 Å². The molecule has 1 aromatic rings. The van der Waals surface area contributed by atoms with E-state index in [-0.39, 0.29) is 6.61 Å². The van der Waals surface area contributed by atoms with Crippen LogP contribution in [0.3, 0.4) is 0 Å². The van der Waals surface area contributed by atoms with Crippen LogP contribution >= 0.6 is 0 Å². The Morgan fingerprint density at radius 1 is 1.41 bits per heavy atom. The van der Waals surface area contributed by atoms with E-state index in [0.717, 1.165) is 31.6 Å². The number of rotatable bonds is 4. The summed E-state index contributed by atoms with van der Waals surface area (Å²) in [6, 6.07) is 5.37. The molecule has 17 heavy (non-hydrogen) atoms. The van der Waals surface area contributed by atoms with Gasteiger partial charge in [0.2, 0.25) is 0 Å². The highest BCUT2D eigenvalue weighted by atomic mass is 16.5. The molecule has 0 bridgehead atoms. The van der Waals surface area contributed by atoms with Crippen molar-refractivity contribution < 1.29 is 14.6 Å². The van der Waals surface area contributed by atoms with Gasteiger partial charge < -0.3 is 20.5 Å². The number of aliphatic carboxylic acids is 1. The van der Waals surface area contributed by atoms with Crippen LogP contribution in [0.15, 0.2) is 18.2 Å². The van der Waals surface area contributed by atoms with Crippen LogP contribution < -0.4 is 15.4 Å². The molecule has 5 nitrogen and oxygen atoms in total. The standard InChI is InChI=1S/C12H16N2O3/c13-9-3-4-10(14-5-1-2-6-14)11(7-9)17-8-12(15)16/h3-4,7H,1-2,5-6,8,13H2,(H,15,16). The monoisotopic (exact) mass is 236 g/mol. The number of hydrogen-bond acceptors (Lipinski definition) is 4. The molecule has 2 rings (SSSR count). The molecule has 1 aromatic carbocycles. The van der Waals surface area contributed by atoms with Crippen molar-refractivity contribution in [2.45, 2.75) is 12.8 Å². The van der Waals surface area contributed by atoms with E-state index in [1.807, 2.05) is 6.07 Å². The third-order valence-electron chi connectivity index (χ3n) is 2.78. The molecule has 0 saturated carbocycles. The maximum absolute atomic E-state index is 10.5. The number of anilines is 2. The fraction of sp³-hybridized carbons (Fsp3) is 0.417. The van der Waals surface area contributed by atoms with Crippen LogP contribution in [0, 0.1) is 0 Å². The highest BCUT2D eigenvalue weighted by Crippen LogP contribution is 2.32. The lowest BCUT2D eigenvalue weighted by Gasteiger charge is -2.21. The van der Waals surface area contributed by atoms with E-state index in [2.05, 4.69) is 4.90 Å². The van der Waals surface area contributed by atoms with Gasteiger partial charge in [0.1, 0.15) is 5.75 Å². The Kier molecular flexibility index (Phi) is 3.37. The van der Waals surface area contributed by atoms with Crippen LogP contribution in [0.5, 0.6) is 5.75 Å². The van der Waals surface area contributed by atoms with Crippen molar-refractivity contribution in [2.24, 2.45) is 0 Å². The summed E-state index contributed by atoms with van der Waals surface area (Å²) >= 11 is 0. The van der Waals surface area contributed by atoms with Crippen LogP contribution in [-0.4, -0.2) is 30.8 Å². The summed E-state index contributed by atoms with van der Waals surface area (Å²) in [5, 5.41) is 8.63. The number of nitrogens with two attached hydrogens (primary N) is 1. The number of hydrogen-bond donors (Lipinski definition) is 2. The fourth-order valence-electron chi connectivity index (χ4n) is 2.01. The summed E-state index contributed by atoms with van der Waals surface area (Å²) in [5.41, 5.74) is 7.19. The summed E-state index contributed by atoms with van der Waals surface area (Å²) in [4.78, 5) is 12.7. The number of nitrogens with zero attached hydrogens (tertiary/aromatic N) is 1. The van der Waals surface area contributed by atoms with Gasteiger partial charge in [-0.25, -0.2) is 4.79 Å². The van der Waals surface area contributed by atoms with E-state index in [1.54, 1.807) is 12.1 Å². The molecule has 0 amide bonds. The average Bonchev–Trinajstić information content (AvgIpc) is 2.80. The molecule has 1 heterocycles. The highest BCUT2D eigenvalue weighted by Gasteiger charge is 2.17. The number of ether oxygens (including phenoxy) is 1. The van der Waals surface area contributed by atoms with Gasteiger partial charge in [0.05, 0.1) is 5.69 Å². The topological polar surface area (TPSA) is 75.8 Å². The van der Waals surface area contributed by atoms with E-state index >= 15 is 0 Å². The average molecular weight is 236 g/mol. The predicted molar refractivity (Wildman–Crippen MR) is 65.4 cm³/mol. The van der Waals surface area contributed by atoms with Gasteiger partial charge in [-0.05, 0) is 25.0 Å². The normalized spacial score (nSPS) is 14.9. The minimum absolute atomic E-state index is 0.343. The predicted octanol–water partition coefficient (Wildman–Crippen LogP) is 1.33. The lowest BCUT2D eigenvalue weighted by molar-refractivity contribution is -0.139. The summed E-state index contributed by atoms with van der Waals surface area (Å²) in [5.74, 6) is -0.436. The second-order valence-corrected chi connectivity index (χ2v) is 4.10. The van der Waals surface area contributed by atoms with Gasteiger partial charge in [0.25, 0.3) is 0 Å². The van der Waals surface area contributed by atoms with Crippen molar-refractivity contribution in [3.8, 4) is 5.75 Å². The first-order valence-electron chi connectivity index (χ1n) is 5.66. The van der Waals surface area contributed by atoms with Crippen LogP contribution in [0.2, 0.25) is 0 Å². The van der Waals surface area contributed by atoms with Gasteiger partial charge in [0, 0.05) is 24.8 Å². The second-order valence-electron chi connectivity index (χ2n) is 4.10. The second kappa shape index (κ2) is 4.95. The summed E-state index contributed by atoms with van der Waals surface area (Å²) in [6.07, 6.45) is 2.31. The maximum atomic E-state index is 10.5. The first-order chi connectivity index (χ1) is 8.16. The molecule has 5 heteroatoms. The van der Waals surface area contributed by atoms with E-state index in [1.165, 1.54) is 0 Å². The van der Waals surface area contributed by atoms with Crippen LogP contribution in [-0.2, 0) is 4.79 Å². The van der Waals surface area contributed by atoms with E-state index in [4.69, 9.17) is 15.6 Å². The Labute approximate surface area is 99.8 Å². The molecule has 0 atom stereocenters. The molecule has 1 aliphatic rings. The van der Waals surface area contributed by atoms with E-state index in [9.17, 15) is 4.79 Å². The van der Waals surface area contributed by atoms with Crippen molar-refractivity contribution in [3.63, 3.8) is 0 Å². The third kappa shape index (κ3) is 2.81. The number of carbonyl (C=O) groups is 1. The number of carboxylic acid groups (broad SMARTS) is 1. The van der Waals surface area contributed by atoms with Gasteiger partial charge in [-0.2, -0.15) is 0 Å². The molecule has 0 unspecified atom stereocenters. The molecule has 1 fully saturated rings. The minimum Gasteiger partial charge on any atom is -0.480 e. The Balaban J connectivity index is 2.20. The fourth-order valence-corrected chi connectivity index (χ4v) is 2.01. The molecular weight excluding hydrogens is 220 g/mol. The summed E-state index contributed by atoms with van der Waals surface area (Å²) in [7, 11) is 0. The number of benzene rings is 1. The van der Waals surface area contributed by atoms with Crippen LogP contribution in [0.25, 0.3) is 0 Å². The SMILES string of the molecule is Nc1ccc(N2CCCC2)c(OCC(=O)O)c1. The zero-order valence-corrected chi connectivity index (χ0v) is 9.56. The summed E-state index contributed by atoms with van der Waals surface area (Å²) < 4.78 is 5.27. The highest BCUT2D eigenvalue weighted by molar-refractivity contribution is 5.70. The van der Waals surface area contributed by atoms with Crippen molar-refractivity contribution >= 4 is 17.3 Å². The maximum Gasteiger partial charge on any atom is 0.341 e. The minimum atomic E-state index is -0.986. The first-order valence-corrected chi connectivity index (χ1v) is 5.66. The van der Waals surface area contributed by atoms with Gasteiger partial charge in [0.15, 0.2) is 6.61 Å². The Morgan fingerprint density at radius 2 is 2.12 bits per heavy atom. The molecular formula is C12H16N2O3. The lowest BCUT2D eigenvalue weighted by atomic mass is 10.2. The Hall–Kier alpha value is -1.91. The Morgan fingerprint density at radius 3 is 2.76 bits per heavy atom. The zero-order valence-electron chi connectivity index (χ0n) is 9.56. The van der Waals surface area contributed by atoms with Crippen molar-refractivity contribution in [3.05, 3.63) is 18.2 Å². The van der Waals surface area contributed by atoms with Gasteiger partial charge in [-0.1, -0.05) is 0 Å². The van der Waals surface area contributed by atoms with Crippen LogP contribution in [0.4, 0.5) is 11.4 Å². The number of nitrogen functional groups attached to an aromatic ring is 1. The first kappa shape index (κ1) is 11.6. The van der Waals surface area contributed by atoms with E-state index in [0.29, 0.717) is 11.4 Å². The van der Waals surface area contributed by atoms with Crippen molar-refractivity contribution in [1.29, 1.82) is 0 Å². The van der Waals surface area contributed by atoms with Crippen molar-refractivity contribution in [1.82, 2.24) is 0 Å². The molecule has 0 aromatic heterocycles. The molecule has 3 N–H and O–H groups in total. The Bertz CT molecular complexity index is 414. The smallest absolute Gasteiger partial charge is 0.341 e. The van der Waals surface area contributed by atoms with Crippen molar-refractivity contribution in [2.75, 3.05) is 30.3 Å². The largest absolute Gasteiger partial charge is 0.480 e. The summed E-state index contributed by atoms with van der Waals surface area (Å²) in [6.45, 7) is 1.62. The lowest BCUT2D eigenvalue weighted by Crippen LogP contribution is -2.19. The quantitative estimate of drug-likeness (QED) is 0.771. The van der Waals surface area contributed by atoms with Gasteiger partial charge >= 0.3 is 5.97 Å². The van der Waals surface area contributed by atoms with Crippen LogP contribution in [0.1, 0.15) is 12.8 Å². The third-order valence-corrected chi connectivity index (χ3v) is 2.78. The molecule has 0 spiro atoms. The van der Waals surface area contributed by atoms with Gasteiger partial charge in [-0.15, -0.1) is 0 Å². The van der Waals surface area contributed by atoms with E-state index < -0.39 is 5.97 Å². The molecule has 92 valence electrons. The molecule has 1 aliphatic heterocycles. The number of carboxylic acids is 1. The molecule has 1 saturated heterocycles.